The van der Waals surface area contributed by atoms with Crippen molar-refractivity contribution in [2.75, 3.05) is 26.2 Å². The Balaban J connectivity index is 1.58. The fourth-order valence-electron chi connectivity index (χ4n) is 2.97. The first kappa shape index (κ1) is 19.1. The Morgan fingerprint density at radius 3 is 2.48 bits per heavy atom. The van der Waals surface area contributed by atoms with E-state index in [2.05, 4.69) is 9.88 Å². The quantitative estimate of drug-likeness (QED) is 0.809. The summed E-state index contributed by atoms with van der Waals surface area (Å²) >= 11 is 0. The van der Waals surface area contributed by atoms with Crippen LogP contribution in [0.25, 0.3) is 0 Å². The number of piperazine rings is 1. The molecule has 0 unspecified atom stereocenters. The van der Waals surface area contributed by atoms with Gasteiger partial charge in [0.2, 0.25) is 5.91 Å². The summed E-state index contributed by atoms with van der Waals surface area (Å²) < 4.78 is 39.2. The monoisotopic (exact) mass is 380 g/mol. The Kier molecular flexibility index (Phi) is 5.59. The first-order valence-corrected chi connectivity index (χ1v) is 8.49. The van der Waals surface area contributed by atoms with E-state index < -0.39 is 23.8 Å². The van der Waals surface area contributed by atoms with Gasteiger partial charge in [0.1, 0.15) is 6.54 Å². The van der Waals surface area contributed by atoms with E-state index in [1.54, 1.807) is 17.3 Å². The fraction of sp³-hybridized carbons (Fsp3) is 0.389. The highest BCUT2D eigenvalue weighted by molar-refractivity contribution is 5.76. The second kappa shape index (κ2) is 7.91. The van der Waals surface area contributed by atoms with Gasteiger partial charge in [-0.2, -0.15) is 13.2 Å². The number of pyridine rings is 2. The van der Waals surface area contributed by atoms with Crippen molar-refractivity contribution in [3.63, 3.8) is 0 Å². The predicted octanol–water partition coefficient (Wildman–Crippen LogP) is 1.61. The molecule has 2 aromatic heterocycles. The highest BCUT2D eigenvalue weighted by Gasteiger charge is 2.31. The van der Waals surface area contributed by atoms with E-state index >= 15 is 0 Å². The Morgan fingerprint density at radius 2 is 1.85 bits per heavy atom. The van der Waals surface area contributed by atoms with Crippen molar-refractivity contribution >= 4 is 5.91 Å². The van der Waals surface area contributed by atoms with Crippen LogP contribution in [0.15, 0.2) is 47.7 Å². The molecule has 0 aliphatic carbocycles. The molecule has 0 spiro atoms. The number of halogens is 3. The Morgan fingerprint density at radius 1 is 1.11 bits per heavy atom. The van der Waals surface area contributed by atoms with Crippen LogP contribution in [0.5, 0.6) is 0 Å². The normalized spacial score (nSPS) is 15.7. The van der Waals surface area contributed by atoms with E-state index in [4.69, 9.17) is 0 Å². The molecule has 0 radical (unpaired) electrons. The van der Waals surface area contributed by atoms with E-state index in [1.165, 1.54) is 0 Å². The van der Waals surface area contributed by atoms with Crippen LogP contribution in [-0.2, 0) is 24.1 Å². The molecule has 3 rings (SSSR count). The largest absolute Gasteiger partial charge is 0.417 e. The van der Waals surface area contributed by atoms with Gasteiger partial charge in [-0.05, 0) is 17.7 Å². The van der Waals surface area contributed by atoms with E-state index in [0.29, 0.717) is 32.4 Å². The molecule has 27 heavy (non-hydrogen) atoms. The molecule has 144 valence electrons. The van der Waals surface area contributed by atoms with Gasteiger partial charge < -0.3 is 9.47 Å². The van der Waals surface area contributed by atoms with E-state index in [9.17, 15) is 22.8 Å². The maximum Gasteiger partial charge on any atom is 0.417 e. The van der Waals surface area contributed by atoms with Crippen molar-refractivity contribution in [3.05, 3.63) is 64.3 Å². The summed E-state index contributed by atoms with van der Waals surface area (Å²) in [6.07, 6.45) is -0.372. The number of nitrogens with zero attached hydrogens (tertiary/aromatic N) is 4. The summed E-state index contributed by atoms with van der Waals surface area (Å²) in [5, 5.41) is 0. The molecule has 9 heteroatoms. The smallest absolute Gasteiger partial charge is 0.339 e. The third-order valence-corrected chi connectivity index (χ3v) is 4.47. The summed E-state index contributed by atoms with van der Waals surface area (Å²) in [6.45, 7) is 2.56. The lowest BCUT2D eigenvalue weighted by molar-refractivity contribution is -0.139. The van der Waals surface area contributed by atoms with Crippen LogP contribution in [-0.4, -0.2) is 51.4 Å². The average Bonchev–Trinajstić information content (AvgIpc) is 2.64. The SMILES string of the molecule is O=C(Cn1cc(C(F)(F)F)ccc1=O)N1CCN(Cc2cccnc2)CC1. The van der Waals surface area contributed by atoms with Gasteiger partial charge in [0.15, 0.2) is 0 Å². The minimum absolute atomic E-state index is 0.363. The number of aromatic nitrogens is 2. The number of carbonyl (C=O) groups excluding carboxylic acids is 1. The van der Waals surface area contributed by atoms with Crippen molar-refractivity contribution in [3.8, 4) is 0 Å². The van der Waals surface area contributed by atoms with Gasteiger partial charge in [0.05, 0.1) is 5.56 Å². The van der Waals surface area contributed by atoms with Crippen molar-refractivity contribution in [1.82, 2.24) is 19.4 Å². The van der Waals surface area contributed by atoms with E-state index in [1.807, 2.05) is 12.1 Å². The van der Waals surface area contributed by atoms with Gasteiger partial charge >= 0.3 is 6.18 Å². The molecule has 0 atom stereocenters. The molecule has 3 heterocycles. The zero-order valence-electron chi connectivity index (χ0n) is 14.5. The molecule has 1 saturated heterocycles. The zero-order chi connectivity index (χ0) is 19.4. The van der Waals surface area contributed by atoms with Crippen molar-refractivity contribution < 1.29 is 18.0 Å². The summed E-state index contributed by atoms with van der Waals surface area (Å²) in [5.41, 5.74) is -0.504. The highest BCUT2D eigenvalue weighted by Crippen LogP contribution is 2.28. The third kappa shape index (κ3) is 4.94. The molecule has 1 aliphatic rings. The Hall–Kier alpha value is -2.68. The minimum atomic E-state index is -4.56. The van der Waals surface area contributed by atoms with Crippen LogP contribution < -0.4 is 5.56 Å². The number of rotatable bonds is 4. The lowest BCUT2D eigenvalue weighted by Gasteiger charge is -2.34. The molecular formula is C18H19F3N4O2. The third-order valence-electron chi connectivity index (χ3n) is 4.47. The topological polar surface area (TPSA) is 58.4 Å². The van der Waals surface area contributed by atoms with Crippen LogP contribution in [0, 0.1) is 0 Å². The molecule has 6 nitrogen and oxygen atoms in total. The van der Waals surface area contributed by atoms with Crippen molar-refractivity contribution in [2.24, 2.45) is 0 Å². The molecule has 0 saturated carbocycles. The van der Waals surface area contributed by atoms with Gasteiger partial charge in [-0.15, -0.1) is 0 Å². The van der Waals surface area contributed by atoms with Crippen molar-refractivity contribution in [1.29, 1.82) is 0 Å². The maximum absolute atomic E-state index is 12.8. The Labute approximate surface area is 153 Å². The highest BCUT2D eigenvalue weighted by atomic mass is 19.4. The van der Waals surface area contributed by atoms with Gasteiger partial charge in [-0.3, -0.25) is 19.5 Å². The summed E-state index contributed by atoms with van der Waals surface area (Å²) in [6, 6.07) is 5.40. The molecule has 1 fully saturated rings. The first-order valence-electron chi connectivity index (χ1n) is 8.49. The average molecular weight is 380 g/mol. The lowest BCUT2D eigenvalue weighted by atomic mass is 10.2. The fourth-order valence-corrected chi connectivity index (χ4v) is 2.97. The van der Waals surface area contributed by atoms with Crippen LogP contribution in [0.2, 0.25) is 0 Å². The number of hydrogen-bond donors (Lipinski definition) is 0. The maximum atomic E-state index is 12.8. The van der Waals surface area contributed by atoms with Crippen LogP contribution in [0.3, 0.4) is 0 Å². The number of carbonyl (C=O) groups is 1. The lowest BCUT2D eigenvalue weighted by Crippen LogP contribution is -2.49. The van der Waals surface area contributed by atoms with Gasteiger partial charge in [0.25, 0.3) is 5.56 Å². The second-order valence-corrected chi connectivity index (χ2v) is 6.40. The zero-order valence-corrected chi connectivity index (χ0v) is 14.5. The minimum Gasteiger partial charge on any atom is -0.339 e. The molecule has 2 aromatic rings. The van der Waals surface area contributed by atoms with Crippen LogP contribution in [0.1, 0.15) is 11.1 Å². The standard InChI is InChI=1S/C18H19F3N4O2/c19-18(20,21)15-3-4-16(26)25(12-15)13-17(27)24-8-6-23(7-9-24)11-14-2-1-5-22-10-14/h1-5,10,12H,6-9,11,13H2. The number of amides is 1. The summed E-state index contributed by atoms with van der Waals surface area (Å²) in [4.78, 5) is 32.0. The van der Waals surface area contributed by atoms with Crippen LogP contribution in [0.4, 0.5) is 13.2 Å². The number of hydrogen-bond acceptors (Lipinski definition) is 4. The molecule has 0 N–H and O–H groups in total. The first-order chi connectivity index (χ1) is 12.8. The molecule has 1 amide bonds. The van der Waals surface area contributed by atoms with Gasteiger partial charge in [-0.25, -0.2) is 0 Å². The Bertz CT molecular complexity index is 844. The predicted molar refractivity (Wildman–Crippen MR) is 91.8 cm³/mol. The number of alkyl halides is 3. The summed E-state index contributed by atoms with van der Waals surface area (Å²) in [7, 11) is 0. The van der Waals surface area contributed by atoms with Gasteiger partial charge in [0, 0.05) is 57.4 Å². The molecule has 0 aromatic carbocycles. The second-order valence-electron chi connectivity index (χ2n) is 6.40. The molecule has 1 aliphatic heterocycles. The molecular weight excluding hydrogens is 361 g/mol. The van der Waals surface area contributed by atoms with E-state index in [-0.39, 0.29) is 5.91 Å². The van der Waals surface area contributed by atoms with Crippen LogP contribution >= 0.6 is 0 Å². The van der Waals surface area contributed by atoms with Gasteiger partial charge in [-0.1, -0.05) is 6.07 Å². The molecule has 0 bridgehead atoms. The van der Waals surface area contributed by atoms with E-state index in [0.717, 1.165) is 28.8 Å². The van der Waals surface area contributed by atoms with Crippen molar-refractivity contribution in [2.45, 2.75) is 19.3 Å². The summed E-state index contributed by atoms with van der Waals surface area (Å²) in [5.74, 6) is -0.363.